The molecule has 0 aliphatic rings. The van der Waals surface area contributed by atoms with Crippen LogP contribution in [0, 0.1) is 0 Å². The first-order valence-electron chi connectivity index (χ1n) is 7.12. The quantitative estimate of drug-likeness (QED) is 0.672. The Hall–Kier alpha value is -1.86. The molecule has 2 aromatic carbocycles. The molecule has 0 saturated carbocycles. The largest absolute Gasteiger partial charge is 0.370 e. The fourth-order valence-corrected chi connectivity index (χ4v) is 2.14. The Bertz CT molecular complexity index is 528. The minimum absolute atomic E-state index is 0.136. The Morgan fingerprint density at radius 2 is 1.60 bits per heavy atom. The highest BCUT2D eigenvalue weighted by atomic mass is 16.5. The Kier molecular flexibility index (Phi) is 5.57. The van der Waals surface area contributed by atoms with Crippen molar-refractivity contribution in [1.82, 2.24) is 0 Å². The second kappa shape index (κ2) is 7.66. The van der Waals surface area contributed by atoms with E-state index in [4.69, 9.17) is 4.74 Å². The number of hydrogen-bond donors (Lipinski definition) is 0. The Morgan fingerprint density at radius 3 is 2.25 bits per heavy atom. The van der Waals surface area contributed by atoms with Crippen LogP contribution in [-0.2, 0) is 11.2 Å². The van der Waals surface area contributed by atoms with Crippen LogP contribution in [0.3, 0.4) is 0 Å². The van der Waals surface area contributed by atoms with E-state index in [1.54, 1.807) is 0 Å². The monoisotopic (exact) mass is 266 g/mol. The van der Waals surface area contributed by atoms with Crippen molar-refractivity contribution in [1.29, 1.82) is 0 Å². The fraction of sp³-hybridized carbons (Fsp3) is 0.263. The zero-order valence-electron chi connectivity index (χ0n) is 12.3. The van der Waals surface area contributed by atoms with Gasteiger partial charge in [0.1, 0.15) is 0 Å². The third-order valence-corrected chi connectivity index (χ3v) is 3.37. The molecule has 104 valence electrons. The van der Waals surface area contributed by atoms with E-state index in [0.717, 1.165) is 6.42 Å². The van der Waals surface area contributed by atoms with Crippen LogP contribution in [0.1, 0.15) is 31.1 Å². The van der Waals surface area contributed by atoms with E-state index >= 15 is 0 Å². The lowest BCUT2D eigenvalue weighted by atomic mass is 10.1. The van der Waals surface area contributed by atoms with Crippen molar-refractivity contribution < 1.29 is 4.74 Å². The zero-order valence-corrected chi connectivity index (χ0v) is 12.3. The molecule has 0 bridgehead atoms. The first-order valence-corrected chi connectivity index (χ1v) is 7.12. The molecule has 1 nitrogen and oxygen atoms in total. The second-order valence-corrected chi connectivity index (χ2v) is 5.10. The molecule has 0 spiro atoms. The molecule has 2 rings (SSSR count). The standard InChI is InChI=1S/C19H22O/c1-16(15-18-9-5-3-6-10-18)13-14-20-17(2)19-11-7-4-8-12-19/h3-13,17H,14-15H2,1-2H3/b16-13+/t17-/m1/s1. The maximum absolute atomic E-state index is 5.86. The lowest BCUT2D eigenvalue weighted by Crippen LogP contribution is -2.00. The predicted octanol–water partition coefficient (Wildman–Crippen LogP) is 4.95. The van der Waals surface area contributed by atoms with E-state index in [0.29, 0.717) is 6.61 Å². The molecule has 20 heavy (non-hydrogen) atoms. The van der Waals surface area contributed by atoms with Crippen LogP contribution in [-0.4, -0.2) is 6.61 Å². The number of allylic oxidation sites excluding steroid dienone is 1. The molecule has 1 heteroatoms. The fourth-order valence-electron chi connectivity index (χ4n) is 2.14. The van der Waals surface area contributed by atoms with Gasteiger partial charge in [0.15, 0.2) is 0 Å². The second-order valence-electron chi connectivity index (χ2n) is 5.10. The number of benzene rings is 2. The Balaban J connectivity index is 1.81. The molecule has 0 heterocycles. The van der Waals surface area contributed by atoms with Gasteiger partial charge in [-0.2, -0.15) is 0 Å². The average molecular weight is 266 g/mol. The highest BCUT2D eigenvalue weighted by Crippen LogP contribution is 2.16. The van der Waals surface area contributed by atoms with Crippen LogP contribution in [0.4, 0.5) is 0 Å². The lowest BCUT2D eigenvalue weighted by Gasteiger charge is -2.12. The summed E-state index contributed by atoms with van der Waals surface area (Å²) in [6.45, 7) is 4.91. The molecule has 0 saturated heterocycles. The zero-order chi connectivity index (χ0) is 14.2. The first-order chi connectivity index (χ1) is 9.75. The summed E-state index contributed by atoms with van der Waals surface area (Å²) in [5.41, 5.74) is 3.91. The van der Waals surface area contributed by atoms with Gasteiger partial charge in [-0.1, -0.05) is 72.3 Å². The third kappa shape index (κ3) is 4.67. The van der Waals surface area contributed by atoms with E-state index in [1.807, 2.05) is 24.3 Å². The van der Waals surface area contributed by atoms with Crippen molar-refractivity contribution >= 4 is 0 Å². The predicted molar refractivity (Wildman–Crippen MR) is 84.7 cm³/mol. The van der Waals surface area contributed by atoms with Crippen LogP contribution >= 0.6 is 0 Å². The van der Waals surface area contributed by atoms with E-state index in [2.05, 4.69) is 56.3 Å². The summed E-state index contributed by atoms with van der Waals surface area (Å²) in [7, 11) is 0. The minimum atomic E-state index is 0.136. The SMILES string of the molecule is C/C(=C\CO[C@H](C)c1ccccc1)Cc1ccccc1. The van der Waals surface area contributed by atoms with Crippen molar-refractivity contribution in [3.05, 3.63) is 83.4 Å². The van der Waals surface area contributed by atoms with Gasteiger partial charge < -0.3 is 4.74 Å². The van der Waals surface area contributed by atoms with Crippen molar-refractivity contribution in [3.8, 4) is 0 Å². The molecule has 0 aliphatic heterocycles. The van der Waals surface area contributed by atoms with Crippen LogP contribution in [0.2, 0.25) is 0 Å². The van der Waals surface area contributed by atoms with Crippen LogP contribution in [0.15, 0.2) is 72.3 Å². The summed E-state index contributed by atoms with van der Waals surface area (Å²) >= 11 is 0. The lowest BCUT2D eigenvalue weighted by molar-refractivity contribution is 0.0882. The summed E-state index contributed by atoms with van der Waals surface area (Å²) in [5, 5.41) is 0. The molecule has 1 atom stereocenters. The Labute approximate surface area is 121 Å². The van der Waals surface area contributed by atoms with Gasteiger partial charge in [-0.05, 0) is 31.4 Å². The molecular formula is C19H22O. The molecule has 0 unspecified atom stereocenters. The van der Waals surface area contributed by atoms with E-state index in [-0.39, 0.29) is 6.10 Å². The summed E-state index contributed by atoms with van der Waals surface area (Å²) in [4.78, 5) is 0. The number of rotatable bonds is 6. The van der Waals surface area contributed by atoms with Crippen LogP contribution in [0.5, 0.6) is 0 Å². The van der Waals surface area contributed by atoms with Gasteiger partial charge in [0, 0.05) is 0 Å². The van der Waals surface area contributed by atoms with Gasteiger partial charge >= 0.3 is 0 Å². The summed E-state index contributed by atoms with van der Waals surface area (Å²) in [6, 6.07) is 20.9. The maximum atomic E-state index is 5.86. The number of hydrogen-bond acceptors (Lipinski definition) is 1. The normalized spacial score (nSPS) is 13.2. The van der Waals surface area contributed by atoms with Crippen LogP contribution < -0.4 is 0 Å². The molecule has 0 fully saturated rings. The summed E-state index contributed by atoms with van der Waals surface area (Å²) in [6.07, 6.45) is 3.30. The van der Waals surface area contributed by atoms with Crippen LogP contribution in [0.25, 0.3) is 0 Å². The molecule has 0 radical (unpaired) electrons. The Morgan fingerprint density at radius 1 is 1.00 bits per heavy atom. The van der Waals surface area contributed by atoms with Gasteiger partial charge in [0.2, 0.25) is 0 Å². The van der Waals surface area contributed by atoms with Crippen molar-refractivity contribution in [2.75, 3.05) is 6.61 Å². The van der Waals surface area contributed by atoms with Crippen molar-refractivity contribution in [3.63, 3.8) is 0 Å². The molecule has 0 N–H and O–H groups in total. The summed E-state index contributed by atoms with van der Waals surface area (Å²) in [5.74, 6) is 0. The molecule has 0 aromatic heterocycles. The molecule has 2 aromatic rings. The molecule has 0 amide bonds. The molecular weight excluding hydrogens is 244 g/mol. The first kappa shape index (κ1) is 14.5. The van der Waals surface area contributed by atoms with Gasteiger partial charge in [0.25, 0.3) is 0 Å². The van der Waals surface area contributed by atoms with Crippen molar-refractivity contribution in [2.45, 2.75) is 26.4 Å². The summed E-state index contributed by atoms with van der Waals surface area (Å²) < 4.78 is 5.86. The van der Waals surface area contributed by atoms with Crippen molar-refractivity contribution in [2.24, 2.45) is 0 Å². The minimum Gasteiger partial charge on any atom is -0.370 e. The average Bonchev–Trinajstić information content (AvgIpc) is 2.49. The molecule has 0 aliphatic carbocycles. The topological polar surface area (TPSA) is 9.23 Å². The smallest absolute Gasteiger partial charge is 0.0801 e. The van der Waals surface area contributed by atoms with Gasteiger partial charge in [-0.25, -0.2) is 0 Å². The van der Waals surface area contributed by atoms with E-state index in [1.165, 1.54) is 16.7 Å². The maximum Gasteiger partial charge on any atom is 0.0801 e. The van der Waals surface area contributed by atoms with Gasteiger partial charge in [-0.3, -0.25) is 0 Å². The highest BCUT2D eigenvalue weighted by molar-refractivity contribution is 5.21. The van der Waals surface area contributed by atoms with Gasteiger partial charge in [0.05, 0.1) is 12.7 Å². The third-order valence-electron chi connectivity index (χ3n) is 3.37. The van der Waals surface area contributed by atoms with Gasteiger partial charge in [-0.15, -0.1) is 0 Å². The van der Waals surface area contributed by atoms with E-state index < -0.39 is 0 Å². The number of ether oxygens (including phenoxy) is 1. The highest BCUT2D eigenvalue weighted by Gasteiger charge is 2.03. The van der Waals surface area contributed by atoms with E-state index in [9.17, 15) is 0 Å².